The monoisotopic (exact) mass is 292 g/mol. The summed E-state index contributed by atoms with van der Waals surface area (Å²) in [7, 11) is 3.74. The third-order valence-corrected chi connectivity index (χ3v) is 2.62. The van der Waals surface area contributed by atoms with E-state index in [4.69, 9.17) is 5.26 Å². The first kappa shape index (κ1) is 18.9. The summed E-state index contributed by atoms with van der Waals surface area (Å²) in [5, 5.41) is 9.61. The van der Waals surface area contributed by atoms with Crippen molar-refractivity contribution in [2.45, 2.75) is 20.8 Å². The molecule has 0 aromatic carbocycles. The van der Waals surface area contributed by atoms with Gasteiger partial charge in [-0.3, -0.25) is 0 Å². The average molecular weight is 292 g/mol. The lowest BCUT2D eigenvalue weighted by atomic mass is 10.2. The highest BCUT2D eigenvalue weighted by atomic mass is 19.2. The number of nitrogens with one attached hydrogen (secondary N) is 1. The molecule has 4 nitrogen and oxygen atoms in total. The summed E-state index contributed by atoms with van der Waals surface area (Å²) in [6, 6.07) is 3.60. The Kier molecular flexibility index (Phi) is 8.82. The highest BCUT2D eigenvalue weighted by Crippen LogP contribution is 2.24. The van der Waals surface area contributed by atoms with Gasteiger partial charge < -0.3 is 9.88 Å². The number of hydrogen-bond donors (Lipinski definition) is 1. The van der Waals surface area contributed by atoms with Crippen LogP contribution in [0.15, 0.2) is 24.8 Å². The Hall–Kier alpha value is -2.06. The molecule has 0 saturated carbocycles. The van der Waals surface area contributed by atoms with E-state index >= 15 is 0 Å². The van der Waals surface area contributed by atoms with Gasteiger partial charge in [-0.15, -0.1) is 0 Å². The van der Waals surface area contributed by atoms with E-state index in [9.17, 15) is 4.48 Å². The Balaban J connectivity index is 0.00000191. The number of rotatable bonds is 6. The van der Waals surface area contributed by atoms with E-state index in [0.29, 0.717) is 22.9 Å². The zero-order valence-corrected chi connectivity index (χ0v) is 13.6. The summed E-state index contributed by atoms with van der Waals surface area (Å²) in [6.07, 6.45) is 3.65. The fourth-order valence-corrected chi connectivity index (χ4v) is 1.58. The van der Waals surface area contributed by atoms with Crippen molar-refractivity contribution < 1.29 is 4.48 Å². The van der Waals surface area contributed by atoms with Crippen LogP contribution in [0.4, 0.5) is 10.3 Å². The molecular weight excluding hydrogens is 267 g/mol. The van der Waals surface area contributed by atoms with Gasteiger partial charge in [-0.25, -0.2) is 0 Å². The third-order valence-electron chi connectivity index (χ3n) is 2.62. The standard InChI is InChI=1S/C14H19FN4.C2H6/c1-5-6-11(2)13-9-12(10-16)14(17-13)19(15)8-7-18(3)4;1-2/h5-6,9,17H,2,7-8H2,1,3-4H3;1-2H3/b6-5-;. The minimum Gasteiger partial charge on any atom is -0.338 e. The lowest BCUT2D eigenvalue weighted by Gasteiger charge is -2.15. The van der Waals surface area contributed by atoms with E-state index in [-0.39, 0.29) is 17.9 Å². The lowest BCUT2D eigenvalue weighted by Crippen LogP contribution is -2.26. The smallest absolute Gasteiger partial charge is 0.154 e. The van der Waals surface area contributed by atoms with Crippen LogP contribution in [0.2, 0.25) is 0 Å². The molecule has 1 rings (SSSR count). The fourth-order valence-electron chi connectivity index (χ4n) is 1.58. The first-order valence-corrected chi connectivity index (χ1v) is 7.02. The van der Waals surface area contributed by atoms with Crippen molar-refractivity contribution >= 4 is 11.4 Å². The van der Waals surface area contributed by atoms with Crippen molar-refractivity contribution in [2.24, 2.45) is 0 Å². The van der Waals surface area contributed by atoms with E-state index in [1.807, 2.05) is 51.9 Å². The number of nitrogens with zero attached hydrogens (tertiary/aromatic N) is 3. The molecule has 116 valence electrons. The molecular formula is C16H25FN4. The summed E-state index contributed by atoms with van der Waals surface area (Å²) in [5.41, 5.74) is 1.64. The molecule has 1 N–H and O–H groups in total. The number of aromatic nitrogens is 1. The van der Waals surface area contributed by atoms with Crippen molar-refractivity contribution in [1.82, 2.24) is 9.88 Å². The zero-order chi connectivity index (χ0) is 16.4. The van der Waals surface area contributed by atoms with Gasteiger partial charge in [-0.1, -0.05) is 37.1 Å². The van der Waals surface area contributed by atoms with Gasteiger partial charge in [0, 0.05) is 12.2 Å². The first-order valence-electron chi connectivity index (χ1n) is 7.02. The van der Waals surface area contributed by atoms with Crippen LogP contribution in [-0.2, 0) is 0 Å². The van der Waals surface area contributed by atoms with Crippen molar-refractivity contribution in [1.29, 1.82) is 5.26 Å². The molecule has 1 aromatic heterocycles. The van der Waals surface area contributed by atoms with Crippen LogP contribution in [0.1, 0.15) is 32.0 Å². The number of hydrogen-bond acceptors (Lipinski definition) is 3. The molecule has 0 amide bonds. The maximum absolute atomic E-state index is 14.0. The fraction of sp³-hybridized carbons (Fsp3) is 0.438. The molecule has 1 aromatic rings. The first-order chi connectivity index (χ1) is 9.99. The van der Waals surface area contributed by atoms with Crippen LogP contribution < -0.4 is 5.12 Å². The number of nitriles is 1. The third kappa shape index (κ3) is 5.84. The number of anilines is 1. The Morgan fingerprint density at radius 2 is 2.05 bits per heavy atom. The van der Waals surface area contributed by atoms with Gasteiger partial charge in [0.25, 0.3) is 0 Å². The van der Waals surface area contributed by atoms with E-state index in [1.165, 1.54) is 0 Å². The van der Waals surface area contributed by atoms with Crippen LogP contribution in [0.3, 0.4) is 0 Å². The van der Waals surface area contributed by atoms with E-state index < -0.39 is 0 Å². The van der Waals surface area contributed by atoms with Crippen molar-refractivity contribution in [3.05, 3.63) is 36.1 Å². The lowest BCUT2D eigenvalue weighted by molar-refractivity contribution is 0.356. The van der Waals surface area contributed by atoms with E-state index in [0.717, 1.165) is 0 Å². The second-order valence-electron chi connectivity index (χ2n) is 4.47. The molecule has 0 unspecified atom stereocenters. The van der Waals surface area contributed by atoms with Crippen LogP contribution in [0.25, 0.3) is 5.57 Å². The SMILES string of the molecule is C=C(/C=C\C)c1cc(C#N)c(N(F)CCN(C)C)[nH]1.CC. The second-order valence-corrected chi connectivity index (χ2v) is 4.47. The maximum atomic E-state index is 14.0. The van der Waals surface area contributed by atoms with Crippen LogP contribution in [0.5, 0.6) is 0 Å². The number of aromatic amines is 1. The van der Waals surface area contributed by atoms with Gasteiger partial charge in [-0.2, -0.15) is 10.4 Å². The molecule has 0 aliphatic rings. The predicted molar refractivity (Wildman–Crippen MR) is 87.7 cm³/mol. The molecule has 1 heterocycles. The van der Waals surface area contributed by atoms with Crippen molar-refractivity contribution in [2.75, 3.05) is 32.3 Å². The van der Waals surface area contributed by atoms with Crippen LogP contribution >= 0.6 is 0 Å². The van der Waals surface area contributed by atoms with Crippen molar-refractivity contribution in [3.8, 4) is 6.07 Å². The molecule has 5 heteroatoms. The van der Waals surface area contributed by atoms with Crippen molar-refractivity contribution in [3.63, 3.8) is 0 Å². The Labute approximate surface area is 127 Å². The largest absolute Gasteiger partial charge is 0.338 e. The van der Waals surface area contributed by atoms with Crippen LogP contribution in [-0.4, -0.2) is 37.1 Å². The number of allylic oxidation sites excluding steroid dienone is 3. The molecule has 0 fully saturated rings. The summed E-state index contributed by atoms with van der Waals surface area (Å²) < 4.78 is 14.0. The molecule has 0 saturated heterocycles. The number of likely N-dealkylation sites (N-methyl/N-ethyl adjacent to an activating group) is 1. The highest BCUT2D eigenvalue weighted by molar-refractivity contribution is 5.73. The molecule has 0 atom stereocenters. The van der Waals surface area contributed by atoms with Crippen LogP contribution in [0, 0.1) is 11.3 Å². The summed E-state index contributed by atoms with van der Waals surface area (Å²) >= 11 is 0. The predicted octanol–water partition coefficient (Wildman–Crippen LogP) is 3.75. The van der Waals surface area contributed by atoms with Gasteiger partial charge in [0.2, 0.25) is 0 Å². The van der Waals surface area contributed by atoms with E-state index in [2.05, 4.69) is 11.6 Å². The summed E-state index contributed by atoms with van der Waals surface area (Å²) in [6.45, 7) is 10.5. The molecule has 21 heavy (non-hydrogen) atoms. The molecule has 0 radical (unpaired) electrons. The highest BCUT2D eigenvalue weighted by Gasteiger charge is 2.15. The van der Waals surface area contributed by atoms with Gasteiger partial charge in [0.1, 0.15) is 6.07 Å². The maximum Gasteiger partial charge on any atom is 0.154 e. The second kappa shape index (κ2) is 9.78. The Morgan fingerprint density at radius 3 is 2.52 bits per heavy atom. The number of H-pyrrole nitrogens is 1. The summed E-state index contributed by atoms with van der Waals surface area (Å²) in [5.74, 6) is 0.185. The molecule has 0 aliphatic heterocycles. The molecule has 0 bridgehead atoms. The van der Waals surface area contributed by atoms with E-state index in [1.54, 1.807) is 12.1 Å². The molecule has 0 aliphatic carbocycles. The molecule has 0 spiro atoms. The minimum atomic E-state index is 0.185. The van der Waals surface area contributed by atoms with Gasteiger partial charge >= 0.3 is 0 Å². The van der Waals surface area contributed by atoms with Gasteiger partial charge in [0.15, 0.2) is 5.82 Å². The topological polar surface area (TPSA) is 46.1 Å². The minimum absolute atomic E-state index is 0.185. The number of halogens is 1. The Morgan fingerprint density at radius 1 is 1.43 bits per heavy atom. The Bertz CT molecular complexity index is 509. The average Bonchev–Trinajstić information content (AvgIpc) is 2.91. The van der Waals surface area contributed by atoms with Gasteiger partial charge in [-0.05, 0) is 32.7 Å². The van der Waals surface area contributed by atoms with Gasteiger partial charge in [0.05, 0.1) is 12.1 Å². The zero-order valence-electron chi connectivity index (χ0n) is 13.6. The normalized spacial score (nSPS) is 10.2. The summed E-state index contributed by atoms with van der Waals surface area (Å²) in [4.78, 5) is 4.78. The quantitative estimate of drug-likeness (QED) is 0.641.